The second-order valence-corrected chi connectivity index (χ2v) is 5.71. The molecule has 1 heterocycles. The number of anilines is 3. The van der Waals surface area contributed by atoms with E-state index in [1.807, 2.05) is 25.1 Å². The van der Waals surface area contributed by atoms with Crippen LogP contribution in [0.1, 0.15) is 5.56 Å². The zero-order chi connectivity index (χ0) is 17.8. The molecule has 0 atom stereocenters. The number of ether oxygens (including phenoxy) is 2. The minimum Gasteiger partial charge on any atom is -0.497 e. The van der Waals surface area contributed by atoms with Gasteiger partial charge >= 0.3 is 0 Å². The fourth-order valence-electron chi connectivity index (χ4n) is 2.12. The Hall–Kier alpha value is -2.99. The number of nitrogens with zero attached hydrogens (tertiary/aromatic N) is 2. The molecule has 25 heavy (non-hydrogen) atoms. The topological polar surface area (TPSA) is 82.3 Å². The van der Waals surface area contributed by atoms with Crippen molar-refractivity contribution in [1.82, 2.24) is 9.97 Å². The van der Waals surface area contributed by atoms with Gasteiger partial charge < -0.3 is 20.5 Å². The van der Waals surface area contributed by atoms with Crippen LogP contribution in [0, 0.1) is 6.92 Å². The Morgan fingerprint density at radius 1 is 1.04 bits per heavy atom. The second-order valence-electron chi connectivity index (χ2n) is 5.31. The molecular formula is C18H17ClN4O2. The van der Waals surface area contributed by atoms with Crippen molar-refractivity contribution >= 4 is 28.8 Å². The van der Waals surface area contributed by atoms with Crippen molar-refractivity contribution in [3.05, 3.63) is 59.4 Å². The predicted octanol–water partition coefficient (Wildman–Crippen LogP) is 4.57. The minimum atomic E-state index is 0.265. The van der Waals surface area contributed by atoms with E-state index in [0.717, 1.165) is 17.0 Å². The quantitative estimate of drug-likeness (QED) is 0.697. The Morgan fingerprint density at radius 2 is 1.76 bits per heavy atom. The number of aromatic nitrogens is 2. The molecule has 3 aromatic rings. The molecule has 0 amide bonds. The van der Waals surface area contributed by atoms with Gasteiger partial charge in [-0.2, -0.15) is 4.98 Å². The predicted molar refractivity (Wildman–Crippen MR) is 99.0 cm³/mol. The third-order valence-electron chi connectivity index (χ3n) is 3.56. The lowest BCUT2D eigenvalue weighted by atomic mass is 10.2. The lowest BCUT2D eigenvalue weighted by Gasteiger charge is -2.12. The van der Waals surface area contributed by atoms with Crippen molar-refractivity contribution in [2.24, 2.45) is 0 Å². The third-order valence-corrected chi connectivity index (χ3v) is 3.96. The van der Waals surface area contributed by atoms with Crippen LogP contribution in [0.4, 0.5) is 17.2 Å². The van der Waals surface area contributed by atoms with Crippen LogP contribution in [0.5, 0.6) is 17.4 Å². The fourth-order valence-corrected chi connectivity index (χ4v) is 2.30. The lowest BCUT2D eigenvalue weighted by Crippen LogP contribution is -2.03. The molecule has 0 saturated heterocycles. The first kappa shape index (κ1) is 16.9. The van der Waals surface area contributed by atoms with Gasteiger partial charge in [-0.05, 0) is 48.9 Å². The van der Waals surface area contributed by atoms with Gasteiger partial charge in [-0.25, -0.2) is 4.98 Å². The molecule has 3 rings (SSSR count). The fraction of sp³-hybridized carbons (Fsp3) is 0.111. The van der Waals surface area contributed by atoms with E-state index in [4.69, 9.17) is 26.8 Å². The molecule has 128 valence electrons. The molecular weight excluding hydrogens is 340 g/mol. The van der Waals surface area contributed by atoms with Gasteiger partial charge in [0.2, 0.25) is 5.88 Å². The van der Waals surface area contributed by atoms with Crippen LogP contribution in [-0.2, 0) is 0 Å². The highest BCUT2D eigenvalue weighted by Crippen LogP contribution is 2.32. The first-order chi connectivity index (χ1) is 12.1. The van der Waals surface area contributed by atoms with E-state index in [9.17, 15) is 0 Å². The summed E-state index contributed by atoms with van der Waals surface area (Å²) in [5.41, 5.74) is 8.20. The molecule has 0 aliphatic heterocycles. The summed E-state index contributed by atoms with van der Waals surface area (Å²) >= 11 is 6.14. The zero-order valence-electron chi connectivity index (χ0n) is 13.8. The molecule has 7 heteroatoms. The summed E-state index contributed by atoms with van der Waals surface area (Å²) in [6.07, 6.45) is 1.38. The van der Waals surface area contributed by atoms with Gasteiger partial charge in [-0.3, -0.25) is 0 Å². The van der Waals surface area contributed by atoms with E-state index in [1.165, 1.54) is 6.33 Å². The molecule has 0 bridgehead atoms. The van der Waals surface area contributed by atoms with Crippen LogP contribution in [-0.4, -0.2) is 17.1 Å². The summed E-state index contributed by atoms with van der Waals surface area (Å²) in [5, 5.41) is 3.78. The van der Waals surface area contributed by atoms with Crippen molar-refractivity contribution in [3.63, 3.8) is 0 Å². The number of hydrogen-bond donors (Lipinski definition) is 2. The first-order valence-electron chi connectivity index (χ1n) is 7.52. The van der Waals surface area contributed by atoms with Crippen LogP contribution in [0.15, 0.2) is 48.8 Å². The Bertz CT molecular complexity index is 885. The highest BCUT2D eigenvalue weighted by molar-refractivity contribution is 6.31. The van der Waals surface area contributed by atoms with Crippen LogP contribution in [0.3, 0.4) is 0 Å². The number of methoxy groups -OCH3 is 1. The first-order valence-corrected chi connectivity index (χ1v) is 7.90. The number of aryl methyl sites for hydroxylation is 1. The Morgan fingerprint density at radius 3 is 2.44 bits per heavy atom. The normalized spacial score (nSPS) is 10.4. The number of nitrogens with two attached hydrogens (primary N) is 1. The molecule has 2 aromatic carbocycles. The third kappa shape index (κ3) is 3.92. The molecule has 0 aliphatic carbocycles. The maximum absolute atomic E-state index is 6.14. The van der Waals surface area contributed by atoms with Crippen molar-refractivity contribution in [2.75, 3.05) is 18.2 Å². The Balaban J connectivity index is 1.82. The number of rotatable bonds is 5. The average molecular weight is 357 g/mol. The molecule has 3 N–H and O–H groups in total. The maximum atomic E-state index is 6.14. The van der Waals surface area contributed by atoms with Gasteiger partial charge in [0.1, 0.15) is 23.5 Å². The average Bonchev–Trinajstić information content (AvgIpc) is 2.62. The van der Waals surface area contributed by atoms with Crippen LogP contribution in [0.25, 0.3) is 0 Å². The van der Waals surface area contributed by atoms with E-state index >= 15 is 0 Å². The van der Waals surface area contributed by atoms with Gasteiger partial charge in [0.15, 0.2) is 5.82 Å². The number of nitrogen functional groups attached to an aromatic ring is 1. The minimum absolute atomic E-state index is 0.265. The summed E-state index contributed by atoms with van der Waals surface area (Å²) in [4.78, 5) is 8.26. The smallest absolute Gasteiger partial charge is 0.248 e. The Labute approximate surface area is 150 Å². The summed E-state index contributed by atoms with van der Waals surface area (Å²) in [5.74, 6) is 2.04. The standard InChI is InChI=1S/C18H17ClN4O2/c1-11-3-4-12(9-15(11)19)23-17-16(20)18(22-10-21-17)25-14-7-5-13(24-2)6-8-14/h3-10H,20H2,1-2H3,(H,21,22,23). The monoisotopic (exact) mass is 356 g/mol. The number of nitrogens with one attached hydrogen (secondary N) is 1. The zero-order valence-corrected chi connectivity index (χ0v) is 14.5. The summed E-state index contributed by atoms with van der Waals surface area (Å²) in [7, 11) is 1.60. The Kier molecular flexibility index (Phi) is 4.90. The van der Waals surface area contributed by atoms with E-state index in [-0.39, 0.29) is 5.88 Å². The molecule has 0 unspecified atom stereocenters. The van der Waals surface area contributed by atoms with Crippen molar-refractivity contribution < 1.29 is 9.47 Å². The van der Waals surface area contributed by atoms with E-state index in [2.05, 4.69) is 15.3 Å². The molecule has 1 aromatic heterocycles. The molecule has 0 fully saturated rings. The highest BCUT2D eigenvalue weighted by atomic mass is 35.5. The van der Waals surface area contributed by atoms with E-state index in [0.29, 0.717) is 22.3 Å². The van der Waals surface area contributed by atoms with Crippen molar-refractivity contribution in [3.8, 4) is 17.4 Å². The van der Waals surface area contributed by atoms with Gasteiger partial charge in [-0.15, -0.1) is 0 Å². The molecule has 0 spiro atoms. The van der Waals surface area contributed by atoms with Crippen molar-refractivity contribution in [2.45, 2.75) is 6.92 Å². The number of halogens is 1. The van der Waals surface area contributed by atoms with E-state index in [1.54, 1.807) is 31.4 Å². The van der Waals surface area contributed by atoms with Crippen LogP contribution >= 0.6 is 11.6 Å². The molecule has 6 nitrogen and oxygen atoms in total. The largest absolute Gasteiger partial charge is 0.497 e. The molecule has 0 saturated carbocycles. The van der Waals surface area contributed by atoms with Crippen LogP contribution < -0.4 is 20.5 Å². The summed E-state index contributed by atoms with van der Waals surface area (Å²) in [6.45, 7) is 1.94. The lowest BCUT2D eigenvalue weighted by molar-refractivity contribution is 0.412. The maximum Gasteiger partial charge on any atom is 0.248 e. The summed E-state index contributed by atoms with van der Waals surface area (Å²) < 4.78 is 10.9. The number of hydrogen-bond acceptors (Lipinski definition) is 6. The van der Waals surface area contributed by atoms with Gasteiger partial charge in [-0.1, -0.05) is 17.7 Å². The summed E-state index contributed by atoms with van der Waals surface area (Å²) in [6, 6.07) is 12.7. The van der Waals surface area contributed by atoms with Gasteiger partial charge in [0.25, 0.3) is 0 Å². The van der Waals surface area contributed by atoms with Crippen LogP contribution in [0.2, 0.25) is 5.02 Å². The second kappa shape index (κ2) is 7.27. The number of benzene rings is 2. The van der Waals surface area contributed by atoms with Crippen molar-refractivity contribution in [1.29, 1.82) is 0 Å². The SMILES string of the molecule is COc1ccc(Oc2ncnc(Nc3ccc(C)c(Cl)c3)c2N)cc1. The molecule has 0 radical (unpaired) electrons. The molecule has 0 aliphatic rings. The highest BCUT2D eigenvalue weighted by Gasteiger charge is 2.11. The van der Waals surface area contributed by atoms with E-state index < -0.39 is 0 Å². The van der Waals surface area contributed by atoms with Gasteiger partial charge in [0.05, 0.1) is 7.11 Å². The van der Waals surface area contributed by atoms with Gasteiger partial charge in [0, 0.05) is 10.7 Å².